The number of piperidine rings is 1. The molecule has 0 bridgehead atoms. The fourth-order valence-corrected chi connectivity index (χ4v) is 6.97. The molecule has 32 heavy (non-hydrogen) atoms. The maximum absolute atomic E-state index is 10.3. The van der Waals surface area contributed by atoms with Crippen molar-refractivity contribution in [2.24, 2.45) is 5.41 Å². The Morgan fingerprint density at radius 1 is 1.25 bits per heavy atom. The Hall–Kier alpha value is -1.01. The number of methoxy groups -OCH3 is 1. The van der Waals surface area contributed by atoms with E-state index >= 15 is 0 Å². The van der Waals surface area contributed by atoms with Crippen LogP contribution in [0.2, 0.25) is 5.02 Å². The molecule has 4 nitrogen and oxygen atoms in total. The van der Waals surface area contributed by atoms with Gasteiger partial charge >= 0.3 is 0 Å². The predicted molar refractivity (Wildman–Crippen MR) is 136 cm³/mol. The number of aryl methyl sites for hydroxylation is 1. The van der Waals surface area contributed by atoms with Gasteiger partial charge in [-0.25, -0.2) is 0 Å². The van der Waals surface area contributed by atoms with Crippen LogP contribution in [-0.4, -0.2) is 59.3 Å². The zero-order chi connectivity index (χ0) is 22.4. The molecule has 2 aromatic rings. The molecule has 0 unspecified atom stereocenters. The number of pyridine rings is 1. The summed E-state index contributed by atoms with van der Waals surface area (Å²) in [5, 5.41) is 13.0. The molecule has 0 amide bonds. The van der Waals surface area contributed by atoms with Crippen molar-refractivity contribution in [2.75, 3.05) is 39.1 Å². The maximum atomic E-state index is 10.3. The zero-order valence-electron chi connectivity index (χ0n) is 19.3. The van der Waals surface area contributed by atoms with Gasteiger partial charge in [0.15, 0.2) is 0 Å². The van der Waals surface area contributed by atoms with E-state index in [0.717, 1.165) is 77.7 Å². The molecule has 0 radical (unpaired) electrons. The molecular weight excluding hydrogens is 440 g/mol. The van der Waals surface area contributed by atoms with E-state index in [1.807, 2.05) is 18.2 Å². The molecule has 6 heteroatoms. The summed E-state index contributed by atoms with van der Waals surface area (Å²) in [6.45, 7) is 3.71. The Morgan fingerprint density at radius 2 is 2.03 bits per heavy atom. The van der Waals surface area contributed by atoms with Gasteiger partial charge in [0.1, 0.15) is 5.75 Å². The first-order valence-corrected chi connectivity index (χ1v) is 13.6. The number of rotatable bonds is 10. The zero-order valence-corrected chi connectivity index (χ0v) is 20.9. The largest absolute Gasteiger partial charge is 0.497 e. The third-order valence-corrected chi connectivity index (χ3v) is 9.27. The van der Waals surface area contributed by atoms with Crippen LogP contribution in [0.25, 0.3) is 10.9 Å². The third kappa shape index (κ3) is 5.91. The highest BCUT2D eigenvalue weighted by Crippen LogP contribution is 2.38. The third-order valence-electron chi connectivity index (χ3n) is 7.58. The monoisotopic (exact) mass is 476 g/mol. The first kappa shape index (κ1) is 24.1. The lowest BCUT2D eigenvalue weighted by Crippen LogP contribution is -2.43. The van der Waals surface area contributed by atoms with Crippen LogP contribution in [0.4, 0.5) is 0 Å². The number of likely N-dealkylation sites (tertiary alicyclic amines) is 1. The summed E-state index contributed by atoms with van der Waals surface area (Å²) in [6, 6.07) is 5.96. The van der Waals surface area contributed by atoms with Crippen LogP contribution in [0.1, 0.15) is 56.9 Å². The lowest BCUT2D eigenvalue weighted by Gasteiger charge is -2.41. The van der Waals surface area contributed by atoms with Crippen LogP contribution in [0, 0.1) is 5.41 Å². The molecule has 0 atom stereocenters. The first-order chi connectivity index (χ1) is 15.6. The molecule has 1 aromatic heterocycles. The molecule has 1 N–H and O–H groups in total. The Labute approximate surface area is 202 Å². The normalized spacial score (nSPS) is 19.6. The van der Waals surface area contributed by atoms with Crippen molar-refractivity contribution >= 4 is 34.3 Å². The van der Waals surface area contributed by atoms with Gasteiger partial charge < -0.3 is 14.7 Å². The summed E-state index contributed by atoms with van der Waals surface area (Å²) < 4.78 is 5.41. The topological polar surface area (TPSA) is 45.6 Å². The van der Waals surface area contributed by atoms with Crippen molar-refractivity contribution in [1.29, 1.82) is 0 Å². The number of aromatic nitrogens is 1. The first-order valence-electron chi connectivity index (χ1n) is 12.2. The lowest BCUT2D eigenvalue weighted by atomic mass is 9.75. The van der Waals surface area contributed by atoms with Gasteiger partial charge in [0.25, 0.3) is 0 Å². The molecule has 176 valence electrons. The lowest BCUT2D eigenvalue weighted by molar-refractivity contribution is 0.0378. The summed E-state index contributed by atoms with van der Waals surface area (Å²) in [4.78, 5) is 7.07. The van der Waals surface area contributed by atoms with Crippen LogP contribution in [0.5, 0.6) is 5.75 Å². The van der Waals surface area contributed by atoms with E-state index in [0.29, 0.717) is 0 Å². The van der Waals surface area contributed by atoms with Crippen LogP contribution < -0.4 is 4.74 Å². The second-order valence-electron chi connectivity index (χ2n) is 9.60. The van der Waals surface area contributed by atoms with E-state index in [9.17, 15) is 5.11 Å². The molecule has 2 fully saturated rings. The highest BCUT2D eigenvalue weighted by molar-refractivity contribution is 7.99. The average molecular weight is 477 g/mol. The summed E-state index contributed by atoms with van der Waals surface area (Å²) in [5.41, 5.74) is 2.15. The van der Waals surface area contributed by atoms with Gasteiger partial charge in [-0.05, 0) is 87.2 Å². The second-order valence-corrected chi connectivity index (χ2v) is 11.4. The fourth-order valence-electron chi connectivity index (χ4n) is 5.37. The molecule has 0 spiro atoms. The quantitative estimate of drug-likeness (QED) is 0.457. The van der Waals surface area contributed by atoms with Crippen molar-refractivity contribution in [1.82, 2.24) is 9.88 Å². The molecular formula is C26H37ClN2O2S. The van der Waals surface area contributed by atoms with E-state index < -0.39 is 0 Å². The highest BCUT2D eigenvalue weighted by atomic mass is 35.5. The minimum absolute atomic E-state index is 0.0576. The number of hydrogen-bond donors (Lipinski definition) is 1. The fraction of sp³-hybridized carbons (Fsp3) is 0.654. The van der Waals surface area contributed by atoms with Crippen LogP contribution in [-0.2, 0) is 6.42 Å². The van der Waals surface area contributed by atoms with Gasteiger partial charge in [0, 0.05) is 35.7 Å². The minimum atomic E-state index is 0.0576. The highest BCUT2D eigenvalue weighted by Gasteiger charge is 2.33. The molecule has 1 saturated heterocycles. The van der Waals surface area contributed by atoms with Gasteiger partial charge in [-0.1, -0.05) is 24.4 Å². The van der Waals surface area contributed by atoms with Gasteiger partial charge in [0.05, 0.1) is 17.6 Å². The Morgan fingerprint density at radius 3 is 2.75 bits per heavy atom. The van der Waals surface area contributed by atoms with Crippen molar-refractivity contribution in [3.63, 3.8) is 0 Å². The number of aliphatic hydroxyl groups excluding tert-OH is 1. The molecule has 2 aliphatic rings. The summed E-state index contributed by atoms with van der Waals surface area (Å²) in [6.07, 6.45) is 12.6. The van der Waals surface area contributed by atoms with E-state index in [1.165, 1.54) is 38.0 Å². The molecule has 1 aliphatic carbocycles. The standard InChI is InChI=1S/C26H37ClN2O2S/c1-31-20-8-9-25-23(17-20)22(24(27)18-28-25)7-4-10-26(19-30)11-13-29(14-12-26)15-16-32-21-5-2-3-6-21/h8-9,17-18,21,30H,2-7,10-16,19H2,1H3. The molecule has 1 aromatic carbocycles. The summed E-state index contributed by atoms with van der Waals surface area (Å²) >= 11 is 8.72. The van der Waals surface area contributed by atoms with Crippen molar-refractivity contribution < 1.29 is 9.84 Å². The SMILES string of the molecule is COc1ccc2ncc(Cl)c(CCCC3(CO)CCN(CCSC4CCCC4)CC3)c2c1. The second kappa shape index (κ2) is 11.4. The number of thioether (sulfide) groups is 1. The van der Waals surface area contributed by atoms with Crippen LogP contribution in [0.15, 0.2) is 24.4 Å². The molecule has 4 rings (SSSR count). The van der Waals surface area contributed by atoms with Gasteiger partial charge in [-0.2, -0.15) is 11.8 Å². The number of aliphatic hydroxyl groups is 1. The van der Waals surface area contributed by atoms with E-state index in [-0.39, 0.29) is 12.0 Å². The smallest absolute Gasteiger partial charge is 0.119 e. The molecule has 1 aliphatic heterocycles. The number of halogens is 1. The van der Waals surface area contributed by atoms with Gasteiger partial charge in [-0.15, -0.1) is 0 Å². The van der Waals surface area contributed by atoms with Crippen LogP contribution in [0.3, 0.4) is 0 Å². The number of ether oxygens (including phenoxy) is 1. The van der Waals surface area contributed by atoms with E-state index in [1.54, 1.807) is 13.3 Å². The van der Waals surface area contributed by atoms with Gasteiger partial charge in [-0.3, -0.25) is 4.98 Å². The number of benzene rings is 1. The number of nitrogens with zero attached hydrogens (tertiary/aromatic N) is 2. The maximum Gasteiger partial charge on any atom is 0.119 e. The predicted octanol–water partition coefficient (Wildman–Crippen LogP) is 5.97. The Kier molecular flexibility index (Phi) is 8.61. The van der Waals surface area contributed by atoms with E-state index in [4.69, 9.17) is 16.3 Å². The van der Waals surface area contributed by atoms with Gasteiger partial charge in [0.2, 0.25) is 0 Å². The van der Waals surface area contributed by atoms with Crippen molar-refractivity contribution in [3.05, 3.63) is 35.0 Å². The number of fused-ring (bicyclic) bond motifs is 1. The van der Waals surface area contributed by atoms with E-state index in [2.05, 4.69) is 21.6 Å². The summed E-state index contributed by atoms with van der Waals surface area (Å²) in [7, 11) is 1.68. The van der Waals surface area contributed by atoms with Crippen LogP contribution >= 0.6 is 23.4 Å². The minimum Gasteiger partial charge on any atom is -0.497 e. The van der Waals surface area contributed by atoms with Crippen molar-refractivity contribution in [2.45, 2.75) is 63.0 Å². The van der Waals surface area contributed by atoms with Crippen molar-refractivity contribution in [3.8, 4) is 5.75 Å². The molecule has 1 saturated carbocycles. The average Bonchev–Trinajstić information content (AvgIpc) is 3.35. The molecule has 2 heterocycles. The summed E-state index contributed by atoms with van der Waals surface area (Å²) in [5.74, 6) is 2.08. The Balaban J connectivity index is 1.29. The Bertz CT molecular complexity index is 880. The number of hydrogen-bond acceptors (Lipinski definition) is 5.